The third-order valence-electron chi connectivity index (χ3n) is 5.15. The minimum atomic E-state index is 0.561. The maximum absolute atomic E-state index is 6.00. The van der Waals surface area contributed by atoms with Gasteiger partial charge in [-0.3, -0.25) is 0 Å². The van der Waals surface area contributed by atoms with E-state index >= 15 is 0 Å². The molecule has 21 heavy (non-hydrogen) atoms. The van der Waals surface area contributed by atoms with Gasteiger partial charge in [-0.15, -0.1) is 0 Å². The van der Waals surface area contributed by atoms with Crippen LogP contribution in [0.15, 0.2) is 18.2 Å². The van der Waals surface area contributed by atoms with E-state index in [1.54, 1.807) is 0 Å². The SMILES string of the molecule is CCCOc1cc(N2CCC(CC)(CC)CC2)ccc1N. The summed E-state index contributed by atoms with van der Waals surface area (Å²) in [5.41, 5.74) is 8.55. The Morgan fingerprint density at radius 3 is 2.38 bits per heavy atom. The third kappa shape index (κ3) is 3.63. The monoisotopic (exact) mass is 290 g/mol. The van der Waals surface area contributed by atoms with Gasteiger partial charge in [-0.05, 0) is 36.8 Å². The maximum atomic E-state index is 6.00. The van der Waals surface area contributed by atoms with Crippen molar-refractivity contribution in [2.24, 2.45) is 5.41 Å². The molecule has 2 rings (SSSR count). The number of nitrogens with zero attached hydrogens (tertiary/aromatic N) is 1. The van der Waals surface area contributed by atoms with Crippen molar-refractivity contribution in [3.05, 3.63) is 18.2 Å². The van der Waals surface area contributed by atoms with Crippen LogP contribution in [0.25, 0.3) is 0 Å². The molecule has 3 nitrogen and oxygen atoms in total. The Kier molecular flexibility index (Phi) is 5.38. The maximum Gasteiger partial charge on any atom is 0.144 e. The molecule has 0 aromatic heterocycles. The summed E-state index contributed by atoms with van der Waals surface area (Å²) in [7, 11) is 0. The van der Waals surface area contributed by atoms with Gasteiger partial charge in [0.15, 0.2) is 0 Å². The van der Waals surface area contributed by atoms with Gasteiger partial charge in [0.05, 0.1) is 12.3 Å². The Balaban J connectivity index is 2.06. The lowest BCUT2D eigenvalue weighted by molar-refractivity contribution is 0.199. The van der Waals surface area contributed by atoms with Gasteiger partial charge in [0.1, 0.15) is 5.75 Å². The highest BCUT2D eigenvalue weighted by molar-refractivity contribution is 5.62. The highest BCUT2D eigenvalue weighted by atomic mass is 16.5. The smallest absolute Gasteiger partial charge is 0.144 e. The summed E-state index contributed by atoms with van der Waals surface area (Å²) in [5, 5.41) is 0. The number of hydrogen-bond acceptors (Lipinski definition) is 3. The van der Waals surface area contributed by atoms with Crippen molar-refractivity contribution in [2.45, 2.75) is 52.9 Å². The first-order chi connectivity index (χ1) is 10.1. The predicted octanol–water partition coefficient (Wildman–Crippen LogP) is 4.46. The molecule has 2 N–H and O–H groups in total. The Morgan fingerprint density at radius 1 is 1.14 bits per heavy atom. The largest absolute Gasteiger partial charge is 0.491 e. The van der Waals surface area contributed by atoms with Crippen LogP contribution in [-0.2, 0) is 0 Å². The van der Waals surface area contributed by atoms with E-state index in [1.165, 1.54) is 31.4 Å². The van der Waals surface area contributed by atoms with Crippen LogP contribution in [0.2, 0.25) is 0 Å². The van der Waals surface area contributed by atoms with Crippen molar-refractivity contribution < 1.29 is 4.74 Å². The van der Waals surface area contributed by atoms with Crippen LogP contribution in [-0.4, -0.2) is 19.7 Å². The molecule has 3 heteroatoms. The van der Waals surface area contributed by atoms with E-state index in [-0.39, 0.29) is 0 Å². The van der Waals surface area contributed by atoms with Crippen LogP contribution in [0.1, 0.15) is 52.9 Å². The molecular weight excluding hydrogens is 260 g/mol. The molecule has 0 atom stereocenters. The molecule has 1 aliphatic heterocycles. The number of nitrogen functional groups attached to an aromatic ring is 1. The number of benzene rings is 1. The zero-order chi connectivity index (χ0) is 15.3. The van der Waals surface area contributed by atoms with E-state index in [2.05, 4.69) is 37.8 Å². The number of ether oxygens (including phenoxy) is 1. The number of rotatable bonds is 6. The second kappa shape index (κ2) is 7.06. The third-order valence-corrected chi connectivity index (χ3v) is 5.15. The zero-order valence-corrected chi connectivity index (χ0v) is 13.8. The van der Waals surface area contributed by atoms with Crippen molar-refractivity contribution in [3.8, 4) is 5.75 Å². The first-order valence-electron chi connectivity index (χ1n) is 8.41. The molecule has 1 heterocycles. The number of piperidine rings is 1. The Labute approximate surface area is 129 Å². The van der Waals surface area contributed by atoms with Gasteiger partial charge in [0, 0.05) is 24.8 Å². The summed E-state index contributed by atoms with van der Waals surface area (Å²) in [4.78, 5) is 2.47. The van der Waals surface area contributed by atoms with Gasteiger partial charge in [0.25, 0.3) is 0 Å². The molecular formula is C18H30N2O. The Hall–Kier alpha value is -1.38. The molecule has 0 amide bonds. The van der Waals surface area contributed by atoms with Crippen molar-refractivity contribution in [1.29, 1.82) is 0 Å². The molecule has 1 saturated heterocycles. The number of nitrogens with two attached hydrogens (primary N) is 1. The molecule has 0 unspecified atom stereocenters. The summed E-state index contributed by atoms with van der Waals surface area (Å²) < 4.78 is 5.75. The van der Waals surface area contributed by atoms with Crippen molar-refractivity contribution in [1.82, 2.24) is 0 Å². The first-order valence-corrected chi connectivity index (χ1v) is 8.41. The van der Waals surface area contributed by atoms with E-state index in [4.69, 9.17) is 10.5 Å². The fraction of sp³-hybridized carbons (Fsp3) is 0.667. The molecule has 0 bridgehead atoms. The minimum Gasteiger partial charge on any atom is -0.491 e. The number of hydrogen-bond donors (Lipinski definition) is 1. The lowest BCUT2D eigenvalue weighted by atomic mass is 9.74. The van der Waals surface area contributed by atoms with Crippen LogP contribution >= 0.6 is 0 Å². The van der Waals surface area contributed by atoms with E-state index in [1.807, 2.05) is 6.07 Å². The molecule has 1 aromatic rings. The second-order valence-corrected chi connectivity index (χ2v) is 6.26. The molecule has 0 spiro atoms. The molecule has 1 aromatic carbocycles. The first kappa shape index (κ1) is 16.0. The van der Waals surface area contributed by atoms with Gasteiger partial charge in [0.2, 0.25) is 0 Å². The van der Waals surface area contributed by atoms with Gasteiger partial charge < -0.3 is 15.4 Å². The van der Waals surface area contributed by atoms with Gasteiger partial charge in [-0.2, -0.15) is 0 Å². The van der Waals surface area contributed by atoms with Crippen molar-refractivity contribution >= 4 is 11.4 Å². The van der Waals surface area contributed by atoms with Crippen LogP contribution in [0.3, 0.4) is 0 Å². The Morgan fingerprint density at radius 2 is 1.81 bits per heavy atom. The second-order valence-electron chi connectivity index (χ2n) is 6.26. The molecule has 0 radical (unpaired) electrons. The molecule has 0 saturated carbocycles. The molecule has 1 fully saturated rings. The van der Waals surface area contributed by atoms with Crippen molar-refractivity contribution in [3.63, 3.8) is 0 Å². The topological polar surface area (TPSA) is 38.5 Å². The van der Waals surface area contributed by atoms with Crippen molar-refractivity contribution in [2.75, 3.05) is 30.3 Å². The lowest BCUT2D eigenvalue weighted by Gasteiger charge is -2.42. The fourth-order valence-corrected chi connectivity index (χ4v) is 3.25. The lowest BCUT2D eigenvalue weighted by Crippen LogP contribution is -2.39. The van der Waals surface area contributed by atoms with E-state index in [0.29, 0.717) is 5.41 Å². The highest BCUT2D eigenvalue weighted by Gasteiger charge is 2.31. The van der Waals surface area contributed by atoms with Gasteiger partial charge in [-0.1, -0.05) is 33.6 Å². The summed E-state index contributed by atoms with van der Waals surface area (Å²) in [6.07, 6.45) is 6.17. The standard InChI is InChI=1S/C18H30N2O/c1-4-13-21-17-14-15(7-8-16(17)19)20-11-9-18(5-2,6-3)10-12-20/h7-8,14H,4-6,9-13,19H2,1-3H3. The average molecular weight is 290 g/mol. The van der Waals surface area contributed by atoms with Gasteiger partial charge >= 0.3 is 0 Å². The number of anilines is 2. The van der Waals surface area contributed by atoms with Crippen LogP contribution in [0.4, 0.5) is 11.4 Å². The Bertz CT molecular complexity index is 445. The van der Waals surface area contributed by atoms with E-state index in [9.17, 15) is 0 Å². The molecule has 118 valence electrons. The fourth-order valence-electron chi connectivity index (χ4n) is 3.25. The van der Waals surface area contributed by atoms with Gasteiger partial charge in [-0.25, -0.2) is 0 Å². The van der Waals surface area contributed by atoms with E-state index in [0.717, 1.165) is 37.6 Å². The van der Waals surface area contributed by atoms with E-state index < -0.39 is 0 Å². The zero-order valence-electron chi connectivity index (χ0n) is 13.8. The molecule has 1 aliphatic rings. The summed E-state index contributed by atoms with van der Waals surface area (Å²) in [6.45, 7) is 9.78. The minimum absolute atomic E-state index is 0.561. The average Bonchev–Trinajstić information content (AvgIpc) is 2.54. The summed E-state index contributed by atoms with van der Waals surface area (Å²) >= 11 is 0. The highest BCUT2D eigenvalue weighted by Crippen LogP contribution is 2.40. The normalized spacial score (nSPS) is 17.8. The quantitative estimate of drug-likeness (QED) is 0.786. The van der Waals surface area contributed by atoms with Crippen LogP contribution < -0.4 is 15.4 Å². The summed E-state index contributed by atoms with van der Waals surface area (Å²) in [6, 6.07) is 6.21. The molecule has 0 aliphatic carbocycles. The van der Waals surface area contributed by atoms with Crippen LogP contribution in [0.5, 0.6) is 5.75 Å². The van der Waals surface area contributed by atoms with Crippen LogP contribution in [0, 0.1) is 5.41 Å². The summed E-state index contributed by atoms with van der Waals surface area (Å²) in [5.74, 6) is 0.831. The predicted molar refractivity (Wildman–Crippen MR) is 91.1 cm³/mol.